The molecule has 0 radical (unpaired) electrons. The summed E-state index contributed by atoms with van der Waals surface area (Å²) >= 11 is 0. The molecule has 0 aromatic heterocycles. The fraction of sp³-hybridized carbons (Fsp3) is 0.286. The quantitative estimate of drug-likeness (QED) is 0.568. The van der Waals surface area contributed by atoms with E-state index in [4.69, 9.17) is 0 Å². The van der Waals surface area contributed by atoms with Crippen molar-refractivity contribution in [3.63, 3.8) is 0 Å². The first-order valence-corrected chi connectivity index (χ1v) is 8.82. The number of carbonyl (C=O) groups excluding carboxylic acids is 1. The van der Waals surface area contributed by atoms with Crippen molar-refractivity contribution in [3.05, 3.63) is 65.7 Å². The van der Waals surface area contributed by atoms with Crippen molar-refractivity contribution in [2.24, 2.45) is 0 Å². The lowest BCUT2D eigenvalue weighted by Gasteiger charge is -2.34. The van der Waals surface area contributed by atoms with E-state index in [2.05, 4.69) is 21.6 Å². The number of nitrogens with zero attached hydrogens (tertiary/aromatic N) is 2. The van der Waals surface area contributed by atoms with Gasteiger partial charge in [0.15, 0.2) is 5.78 Å². The number of hydrogen-bond acceptors (Lipinski definition) is 4. The Morgan fingerprint density at radius 2 is 1.63 bits per heavy atom. The Bertz CT molecular complexity index is 781. The number of hydrogen-bond donors (Lipinski definition) is 0. The topological polar surface area (TPSA) is 32.8 Å². The van der Waals surface area contributed by atoms with E-state index in [1.165, 1.54) is 18.2 Å². The minimum atomic E-state index is -2.85. The lowest BCUT2D eigenvalue weighted by molar-refractivity contribution is -0.0498. The van der Waals surface area contributed by atoms with E-state index in [0.717, 1.165) is 37.4 Å². The van der Waals surface area contributed by atoms with Crippen molar-refractivity contribution in [3.8, 4) is 5.75 Å². The van der Waals surface area contributed by atoms with Crippen LogP contribution in [0.3, 0.4) is 0 Å². The number of alkyl halides is 2. The summed E-state index contributed by atoms with van der Waals surface area (Å²) in [7, 11) is 2.12. The summed E-state index contributed by atoms with van der Waals surface area (Å²) < 4.78 is 28.6. The first kappa shape index (κ1) is 19.0. The van der Waals surface area contributed by atoms with Crippen LogP contribution >= 0.6 is 0 Å². The second-order valence-corrected chi connectivity index (χ2v) is 6.48. The van der Waals surface area contributed by atoms with Crippen LogP contribution in [0.25, 0.3) is 6.08 Å². The maximum absolute atomic E-state index is 12.3. The predicted octanol–water partition coefficient (Wildman–Crippen LogP) is 3.94. The van der Waals surface area contributed by atoms with Gasteiger partial charge in [-0.15, -0.1) is 0 Å². The third kappa shape index (κ3) is 5.37. The minimum absolute atomic E-state index is 0.0907. The predicted molar refractivity (Wildman–Crippen MR) is 103 cm³/mol. The fourth-order valence-corrected chi connectivity index (χ4v) is 2.93. The average molecular weight is 372 g/mol. The summed E-state index contributed by atoms with van der Waals surface area (Å²) in [5, 5.41) is 0. The smallest absolute Gasteiger partial charge is 0.387 e. The van der Waals surface area contributed by atoms with E-state index < -0.39 is 6.61 Å². The van der Waals surface area contributed by atoms with Crippen LogP contribution in [-0.2, 0) is 0 Å². The summed E-state index contributed by atoms with van der Waals surface area (Å²) in [4.78, 5) is 16.9. The molecule has 0 saturated carbocycles. The van der Waals surface area contributed by atoms with Gasteiger partial charge in [0.2, 0.25) is 0 Å². The third-order valence-electron chi connectivity index (χ3n) is 4.55. The molecule has 2 aromatic carbocycles. The Kier molecular flexibility index (Phi) is 6.19. The van der Waals surface area contributed by atoms with Crippen molar-refractivity contribution in [2.45, 2.75) is 6.61 Å². The molecule has 1 saturated heterocycles. The van der Waals surface area contributed by atoms with Gasteiger partial charge in [-0.1, -0.05) is 18.2 Å². The lowest BCUT2D eigenvalue weighted by atomic mass is 10.1. The zero-order chi connectivity index (χ0) is 19.2. The Hall–Kier alpha value is -2.73. The van der Waals surface area contributed by atoms with Crippen molar-refractivity contribution < 1.29 is 18.3 Å². The number of piperazine rings is 1. The van der Waals surface area contributed by atoms with Gasteiger partial charge >= 0.3 is 6.61 Å². The molecule has 4 nitrogen and oxygen atoms in total. The molecule has 142 valence electrons. The number of ketones is 1. The van der Waals surface area contributed by atoms with Gasteiger partial charge in [-0.05, 0) is 55.1 Å². The Balaban J connectivity index is 1.59. The van der Waals surface area contributed by atoms with E-state index in [0.29, 0.717) is 5.56 Å². The maximum Gasteiger partial charge on any atom is 0.387 e. The highest BCUT2D eigenvalue weighted by molar-refractivity contribution is 6.07. The number of ether oxygens (including phenoxy) is 1. The zero-order valence-corrected chi connectivity index (χ0v) is 15.1. The molecule has 6 heteroatoms. The summed E-state index contributed by atoms with van der Waals surface area (Å²) in [5.41, 5.74) is 2.47. The summed E-state index contributed by atoms with van der Waals surface area (Å²) in [6.45, 7) is 1.18. The number of allylic oxidation sites excluding steroid dienone is 1. The van der Waals surface area contributed by atoms with Gasteiger partial charge in [0.1, 0.15) is 5.75 Å². The summed E-state index contributed by atoms with van der Waals surface area (Å²) in [6.07, 6.45) is 3.14. The first-order chi connectivity index (χ1) is 13.0. The molecule has 0 amide bonds. The van der Waals surface area contributed by atoms with Gasteiger partial charge in [0, 0.05) is 37.4 Å². The average Bonchev–Trinajstić information content (AvgIpc) is 2.67. The van der Waals surface area contributed by atoms with Gasteiger partial charge in [-0.3, -0.25) is 4.79 Å². The molecule has 0 atom stereocenters. The molecule has 0 N–H and O–H groups in total. The molecule has 3 rings (SSSR count). The largest absolute Gasteiger partial charge is 0.435 e. The van der Waals surface area contributed by atoms with Gasteiger partial charge in [-0.25, -0.2) is 0 Å². The van der Waals surface area contributed by atoms with Crippen molar-refractivity contribution in [2.75, 3.05) is 38.1 Å². The number of benzene rings is 2. The second kappa shape index (κ2) is 8.77. The van der Waals surface area contributed by atoms with Crippen molar-refractivity contribution in [1.82, 2.24) is 4.90 Å². The lowest BCUT2D eigenvalue weighted by Crippen LogP contribution is -2.44. The maximum atomic E-state index is 12.3. The van der Waals surface area contributed by atoms with Crippen molar-refractivity contribution in [1.29, 1.82) is 0 Å². The standard InChI is InChI=1S/C21H22F2N2O2/c1-24-12-14-25(15-13-24)18-7-5-17(6-8-18)20(26)11-4-16-2-9-19(10-3-16)27-21(22)23/h2-11,21H,12-15H2,1H3/b11-4+. The Morgan fingerprint density at radius 3 is 2.22 bits per heavy atom. The highest BCUT2D eigenvalue weighted by Gasteiger charge is 2.14. The van der Waals surface area contributed by atoms with E-state index in [1.807, 2.05) is 24.3 Å². The molecule has 0 unspecified atom stereocenters. The third-order valence-corrected chi connectivity index (χ3v) is 4.55. The highest BCUT2D eigenvalue weighted by Crippen LogP contribution is 2.18. The van der Waals surface area contributed by atoms with E-state index in [9.17, 15) is 13.6 Å². The first-order valence-electron chi connectivity index (χ1n) is 8.82. The highest BCUT2D eigenvalue weighted by atomic mass is 19.3. The van der Waals surface area contributed by atoms with Crippen LogP contribution < -0.4 is 9.64 Å². The van der Waals surface area contributed by atoms with Crippen LogP contribution in [0.15, 0.2) is 54.6 Å². The zero-order valence-electron chi connectivity index (χ0n) is 15.1. The summed E-state index contributed by atoms with van der Waals surface area (Å²) in [5.74, 6) is -0.0131. The molecule has 0 spiro atoms. The second-order valence-electron chi connectivity index (χ2n) is 6.48. The molecule has 2 aromatic rings. The minimum Gasteiger partial charge on any atom is -0.435 e. The van der Waals surface area contributed by atoms with Gasteiger partial charge in [0.25, 0.3) is 0 Å². The van der Waals surface area contributed by atoms with Crippen LogP contribution in [0, 0.1) is 0 Å². The molecule has 1 aliphatic heterocycles. The molecule has 0 aliphatic carbocycles. The van der Waals surface area contributed by atoms with Gasteiger partial charge in [0.05, 0.1) is 0 Å². The monoisotopic (exact) mass is 372 g/mol. The SMILES string of the molecule is CN1CCN(c2ccc(C(=O)/C=C/c3ccc(OC(F)F)cc3)cc2)CC1. The van der Waals surface area contributed by atoms with Gasteiger partial charge in [-0.2, -0.15) is 8.78 Å². The van der Waals surface area contributed by atoms with Crippen LogP contribution in [0.4, 0.5) is 14.5 Å². The van der Waals surface area contributed by atoms with E-state index in [-0.39, 0.29) is 11.5 Å². The Labute approximate surface area is 157 Å². The number of anilines is 1. The Morgan fingerprint density at radius 1 is 1.00 bits per heavy atom. The molecular formula is C21H22F2N2O2. The summed E-state index contributed by atoms with van der Waals surface area (Å²) in [6, 6.07) is 13.8. The molecule has 27 heavy (non-hydrogen) atoms. The number of likely N-dealkylation sites (N-methyl/N-ethyl adjacent to an activating group) is 1. The van der Waals surface area contributed by atoms with Gasteiger partial charge < -0.3 is 14.5 Å². The molecule has 1 heterocycles. The van der Waals surface area contributed by atoms with E-state index >= 15 is 0 Å². The molecular weight excluding hydrogens is 350 g/mol. The fourth-order valence-electron chi connectivity index (χ4n) is 2.93. The molecule has 0 bridgehead atoms. The van der Waals surface area contributed by atoms with Crippen LogP contribution in [0.5, 0.6) is 5.75 Å². The normalized spacial score (nSPS) is 15.5. The number of halogens is 2. The van der Waals surface area contributed by atoms with Crippen LogP contribution in [-0.4, -0.2) is 50.5 Å². The van der Waals surface area contributed by atoms with Crippen LogP contribution in [0.2, 0.25) is 0 Å². The van der Waals surface area contributed by atoms with Crippen molar-refractivity contribution >= 4 is 17.5 Å². The number of rotatable bonds is 6. The van der Waals surface area contributed by atoms with E-state index in [1.54, 1.807) is 18.2 Å². The van der Waals surface area contributed by atoms with Crippen LogP contribution in [0.1, 0.15) is 15.9 Å². The number of carbonyl (C=O) groups is 1. The molecule has 1 aliphatic rings. The molecule has 1 fully saturated rings.